The fourth-order valence-corrected chi connectivity index (χ4v) is 3.50. The average molecular weight is 468 g/mol. The quantitative estimate of drug-likeness (QED) is 0.431. The van der Waals surface area contributed by atoms with Crippen LogP contribution < -0.4 is 21.1 Å². The molecule has 0 bridgehead atoms. The summed E-state index contributed by atoms with van der Waals surface area (Å²) < 4.78 is 10.5. The summed E-state index contributed by atoms with van der Waals surface area (Å²) in [6.07, 6.45) is 0.535. The molecule has 1 aliphatic rings. The lowest BCUT2D eigenvalue weighted by Gasteiger charge is -2.26. The number of Topliss-reactive ketones (excluding diaryl/α,β-unsaturated/α-hetero) is 1. The van der Waals surface area contributed by atoms with E-state index in [9.17, 15) is 14.4 Å². The average Bonchev–Trinajstić information content (AvgIpc) is 3.56. The van der Waals surface area contributed by atoms with Crippen molar-refractivity contribution in [3.05, 3.63) is 65.7 Å². The molecule has 3 rings (SSSR count). The lowest BCUT2D eigenvalue weighted by molar-refractivity contribution is -0.133. The van der Waals surface area contributed by atoms with Gasteiger partial charge in [-0.15, -0.1) is 0 Å². The molecule has 2 aromatic rings. The molecule has 1 fully saturated rings. The van der Waals surface area contributed by atoms with Crippen molar-refractivity contribution in [1.29, 1.82) is 0 Å². The van der Waals surface area contributed by atoms with E-state index in [0.717, 1.165) is 11.1 Å². The number of methoxy groups -OCH3 is 1. The minimum absolute atomic E-state index is 0.196. The van der Waals surface area contributed by atoms with Crippen LogP contribution in [0.15, 0.2) is 54.6 Å². The Kier molecular flexibility index (Phi) is 7.74. The standard InChI is InChI=1S/C26H33N3O5/c1-25(2,27)24(32)29-21(15-18-10-12-19(33-4)13-11-18)23(31)28-20(22(30)26(3)16-34-26)14-17-8-6-5-7-9-17/h5-13,20-21H,14-16,27H2,1-4H3,(H,28,31)(H,29,32). The molecular formula is C26H33N3O5. The summed E-state index contributed by atoms with van der Waals surface area (Å²) in [5.74, 6) is -0.446. The Bertz CT molecular complexity index is 1010. The molecule has 1 aliphatic heterocycles. The zero-order chi connectivity index (χ0) is 24.9. The number of ether oxygens (including phenoxy) is 2. The van der Waals surface area contributed by atoms with Gasteiger partial charge in [0.25, 0.3) is 0 Å². The van der Waals surface area contributed by atoms with Crippen molar-refractivity contribution in [2.24, 2.45) is 5.73 Å². The van der Waals surface area contributed by atoms with E-state index in [2.05, 4.69) is 10.6 Å². The van der Waals surface area contributed by atoms with Crippen molar-refractivity contribution in [1.82, 2.24) is 10.6 Å². The Balaban J connectivity index is 1.82. The van der Waals surface area contributed by atoms with Crippen LogP contribution in [0.3, 0.4) is 0 Å². The van der Waals surface area contributed by atoms with Gasteiger partial charge in [-0.1, -0.05) is 42.5 Å². The lowest BCUT2D eigenvalue weighted by atomic mass is 9.94. The first-order valence-corrected chi connectivity index (χ1v) is 11.3. The van der Waals surface area contributed by atoms with Crippen LogP contribution in [0, 0.1) is 0 Å². The first-order valence-electron chi connectivity index (χ1n) is 11.3. The van der Waals surface area contributed by atoms with Gasteiger partial charge in [-0.2, -0.15) is 0 Å². The van der Waals surface area contributed by atoms with Gasteiger partial charge in [0, 0.05) is 6.42 Å². The maximum absolute atomic E-state index is 13.4. The fraction of sp³-hybridized carbons (Fsp3) is 0.423. The topological polar surface area (TPSA) is 123 Å². The molecule has 3 atom stereocenters. The lowest BCUT2D eigenvalue weighted by Crippen LogP contribution is -2.59. The van der Waals surface area contributed by atoms with Crippen LogP contribution >= 0.6 is 0 Å². The van der Waals surface area contributed by atoms with E-state index in [4.69, 9.17) is 15.2 Å². The number of carbonyl (C=O) groups excluding carboxylic acids is 3. The van der Waals surface area contributed by atoms with Crippen molar-refractivity contribution in [2.45, 2.75) is 56.8 Å². The second-order valence-corrected chi connectivity index (χ2v) is 9.43. The molecular weight excluding hydrogens is 434 g/mol. The van der Waals surface area contributed by atoms with E-state index < -0.39 is 35.0 Å². The van der Waals surface area contributed by atoms with E-state index in [1.807, 2.05) is 42.5 Å². The maximum Gasteiger partial charge on any atom is 0.243 e. The smallest absolute Gasteiger partial charge is 0.243 e. The molecule has 1 heterocycles. The molecule has 0 radical (unpaired) electrons. The van der Waals surface area contributed by atoms with E-state index in [1.54, 1.807) is 40.0 Å². The Labute approximate surface area is 200 Å². The van der Waals surface area contributed by atoms with Crippen molar-refractivity contribution in [3.8, 4) is 5.75 Å². The summed E-state index contributed by atoms with van der Waals surface area (Å²) in [4.78, 5) is 39.2. The molecule has 34 heavy (non-hydrogen) atoms. The molecule has 0 aromatic heterocycles. The van der Waals surface area contributed by atoms with E-state index in [0.29, 0.717) is 18.8 Å². The SMILES string of the molecule is COc1ccc(CC(NC(=O)C(C)(C)N)C(=O)NC(Cc2ccccc2)C(=O)C2(C)CO2)cc1. The third-order valence-electron chi connectivity index (χ3n) is 5.82. The molecule has 0 saturated carbocycles. The first kappa shape index (κ1) is 25.4. The normalized spacial score (nSPS) is 19.0. The van der Waals surface area contributed by atoms with E-state index >= 15 is 0 Å². The minimum Gasteiger partial charge on any atom is -0.497 e. The van der Waals surface area contributed by atoms with Crippen molar-refractivity contribution < 1.29 is 23.9 Å². The van der Waals surface area contributed by atoms with Gasteiger partial charge in [0.2, 0.25) is 11.8 Å². The Morgan fingerprint density at radius 2 is 1.56 bits per heavy atom. The number of nitrogens with two attached hydrogens (primary N) is 1. The predicted octanol–water partition coefficient (Wildman–Crippen LogP) is 1.55. The number of nitrogens with one attached hydrogen (secondary N) is 2. The number of hydrogen-bond donors (Lipinski definition) is 3. The molecule has 0 spiro atoms. The number of benzene rings is 2. The van der Waals surface area contributed by atoms with Crippen molar-refractivity contribution >= 4 is 17.6 Å². The monoisotopic (exact) mass is 467 g/mol. The molecule has 2 amide bonds. The summed E-state index contributed by atoms with van der Waals surface area (Å²) in [5.41, 5.74) is 5.59. The van der Waals surface area contributed by atoms with Crippen molar-refractivity contribution in [3.63, 3.8) is 0 Å². The number of ketones is 1. The van der Waals surface area contributed by atoms with Gasteiger partial charge < -0.3 is 25.8 Å². The summed E-state index contributed by atoms with van der Waals surface area (Å²) in [6, 6.07) is 14.9. The minimum atomic E-state index is -1.17. The zero-order valence-corrected chi connectivity index (χ0v) is 20.1. The number of carbonyl (C=O) groups is 3. The van der Waals surface area contributed by atoms with Gasteiger partial charge in [-0.05, 0) is 50.5 Å². The van der Waals surface area contributed by atoms with Gasteiger partial charge in [0.15, 0.2) is 5.78 Å². The van der Waals surface area contributed by atoms with Crippen LogP contribution in [-0.2, 0) is 32.0 Å². The number of rotatable bonds is 11. The Morgan fingerprint density at radius 1 is 1.00 bits per heavy atom. The summed E-state index contributed by atoms with van der Waals surface area (Å²) in [7, 11) is 1.57. The third-order valence-corrected chi connectivity index (χ3v) is 5.82. The largest absolute Gasteiger partial charge is 0.497 e. The highest BCUT2D eigenvalue weighted by molar-refractivity contribution is 5.98. The van der Waals surface area contributed by atoms with Crippen LogP contribution in [0.25, 0.3) is 0 Å². The highest BCUT2D eigenvalue weighted by Gasteiger charge is 2.50. The Hall–Kier alpha value is -3.23. The number of hydrogen-bond acceptors (Lipinski definition) is 6. The summed E-state index contributed by atoms with van der Waals surface area (Å²) in [6.45, 7) is 5.17. The number of epoxide rings is 1. The highest BCUT2D eigenvalue weighted by atomic mass is 16.6. The van der Waals surface area contributed by atoms with Gasteiger partial charge in [0.1, 0.15) is 17.4 Å². The second kappa shape index (κ2) is 10.4. The predicted molar refractivity (Wildman–Crippen MR) is 128 cm³/mol. The van der Waals surface area contributed by atoms with Crippen LogP contribution in [-0.4, -0.2) is 54.5 Å². The highest BCUT2D eigenvalue weighted by Crippen LogP contribution is 2.29. The van der Waals surface area contributed by atoms with Gasteiger partial charge in [0.05, 0.1) is 25.3 Å². The summed E-state index contributed by atoms with van der Waals surface area (Å²) >= 11 is 0. The van der Waals surface area contributed by atoms with Gasteiger partial charge >= 0.3 is 0 Å². The molecule has 0 aliphatic carbocycles. The first-order chi connectivity index (χ1) is 16.0. The summed E-state index contributed by atoms with van der Waals surface area (Å²) in [5, 5.41) is 5.61. The maximum atomic E-state index is 13.4. The van der Waals surface area contributed by atoms with E-state index in [1.165, 1.54) is 0 Å². The number of amides is 2. The molecule has 3 unspecified atom stereocenters. The van der Waals surface area contributed by atoms with Crippen LogP contribution in [0.1, 0.15) is 31.9 Å². The molecule has 8 heteroatoms. The zero-order valence-electron chi connectivity index (χ0n) is 20.1. The fourth-order valence-electron chi connectivity index (χ4n) is 3.50. The molecule has 8 nitrogen and oxygen atoms in total. The molecule has 182 valence electrons. The van der Waals surface area contributed by atoms with Crippen LogP contribution in [0.4, 0.5) is 0 Å². The third kappa shape index (κ3) is 6.65. The second-order valence-electron chi connectivity index (χ2n) is 9.43. The van der Waals surface area contributed by atoms with Crippen LogP contribution in [0.5, 0.6) is 5.75 Å². The van der Waals surface area contributed by atoms with Gasteiger partial charge in [-0.25, -0.2) is 0 Å². The van der Waals surface area contributed by atoms with E-state index in [-0.39, 0.29) is 12.2 Å². The molecule has 2 aromatic carbocycles. The van der Waals surface area contributed by atoms with Crippen molar-refractivity contribution in [2.75, 3.05) is 13.7 Å². The Morgan fingerprint density at radius 3 is 2.09 bits per heavy atom. The van der Waals surface area contributed by atoms with Crippen LogP contribution in [0.2, 0.25) is 0 Å². The molecule has 4 N–H and O–H groups in total. The molecule has 1 saturated heterocycles. The van der Waals surface area contributed by atoms with Gasteiger partial charge in [-0.3, -0.25) is 14.4 Å².